The second-order valence-electron chi connectivity index (χ2n) is 7.16. The summed E-state index contributed by atoms with van der Waals surface area (Å²) in [4.78, 5) is 2.51. The molecule has 0 atom stereocenters. The molecule has 0 bridgehead atoms. The van der Waals surface area contributed by atoms with E-state index in [1.807, 2.05) is 0 Å². The maximum atomic E-state index is 5.87. The van der Waals surface area contributed by atoms with Crippen LogP contribution in [0, 0.1) is 5.92 Å². The summed E-state index contributed by atoms with van der Waals surface area (Å²) in [7, 11) is 0. The lowest BCUT2D eigenvalue weighted by Crippen LogP contribution is -2.36. The van der Waals surface area contributed by atoms with Crippen molar-refractivity contribution in [3.8, 4) is 5.75 Å². The minimum absolute atomic E-state index is 0. The molecule has 1 saturated heterocycles. The third-order valence-corrected chi connectivity index (χ3v) is 4.53. The van der Waals surface area contributed by atoms with Gasteiger partial charge >= 0.3 is 0 Å². The Morgan fingerprint density at radius 3 is 2.40 bits per heavy atom. The average Bonchev–Trinajstić information content (AvgIpc) is 2.58. The SMILES string of the molecule is CC(C)CCOc1ccc(CN2CCC(OCCCN)CC2)cc1.Cl. The van der Waals surface area contributed by atoms with E-state index in [-0.39, 0.29) is 12.4 Å². The van der Waals surface area contributed by atoms with Crippen LogP contribution in [-0.2, 0) is 11.3 Å². The van der Waals surface area contributed by atoms with Crippen molar-refractivity contribution in [1.82, 2.24) is 4.90 Å². The maximum Gasteiger partial charge on any atom is 0.119 e. The average molecular weight is 371 g/mol. The molecule has 0 amide bonds. The summed E-state index contributed by atoms with van der Waals surface area (Å²) < 4.78 is 11.7. The Balaban J connectivity index is 0.00000312. The van der Waals surface area contributed by atoms with Crippen LogP contribution in [0.3, 0.4) is 0 Å². The molecular weight excluding hydrogens is 336 g/mol. The molecule has 1 aromatic rings. The van der Waals surface area contributed by atoms with Crippen molar-refractivity contribution in [2.75, 3.05) is 32.8 Å². The predicted octanol–water partition coefficient (Wildman–Crippen LogP) is 3.86. The maximum absolute atomic E-state index is 5.87. The summed E-state index contributed by atoms with van der Waals surface area (Å²) in [6.45, 7) is 10.0. The van der Waals surface area contributed by atoms with Gasteiger partial charge in [0.15, 0.2) is 0 Å². The highest BCUT2D eigenvalue weighted by atomic mass is 35.5. The van der Waals surface area contributed by atoms with Gasteiger partial charge < -0.3 is 15.2 Å². The molecule has 5 heteroatoms. The molecule has 0 saturated carbocycles. The van der Waals surface area contributed by atoms with Crippen molar-refractivity contribution in [3.63, 3.8) is 0 Å². The molecule has 1 aromatic carbocycles. The number of halogens is 1. The number of rotatable bonds is 10. The summed E-state index contributed by atoms with van der Waals surface area (Å²) in [6.07, 6.45) is 4.74. The first-order chi connectivity index (χ1) is 11.7. The van der Waals surface area contributed by atoms with Crippen molar-refractivity contribution >= 4 is 12.4 Å². The third kappa shape index (κ3) is 8.91. The summed E-state index contributed by atoms with van der Waals surface area (Å²) >= 11 is 0. The number of nitrogens with zero attached hydrogens (tertiary/aromatic N) is 1. The Kier molecular flexibility index (Phi) is 11.1. The van der Waals surface area contributed by atoms with Crippen molar-refractivity contribution in [2.24, 2.45) is 11.7 Å². The van der Waals surface area contributed by atoms with Gasteiger partial charge in [-0.25, -0.2) is 0 Å². The number of ether oxygens (including phenoxy) is 2. The highest BCUT2D eigenvalue weighted by Gasteiger charge is 2.19. The second-order valence-corrected chi connectivity index (χ2v) is 7.16. The molecule has 2 N–H and O–H groups in total. The largest absolute Gasteiger partial charge is 0.494 e. The fraction of sp³-hybridized carbons (Fsp3) is 0.700. The lowest BCUT2D eigenvalue weighted by atomic mass is 10.1. The molecule has 1 aliphatic heterocycles. The quantitative estimate of drug-likeness (QED) is 0.635. The summed E-state index contributed by atoms with van der Waals surface area (Å²) in [6, 6.07) is 8.57. The van der Waals surface area contributed by atoms with Gasteiger partial charge in [-0.1, -0.05) is 26.0 Å². The number of hydrogen-bond acceptors (Lipinski definition) is 4. The molecule has 0 spiro atoms. The first-order valence-electron chi connectivity index (χ1n) is 9.43. The number of nitrogens with two attached hydrogens (primary N) is 1. The lowest BCUT2D eigenvalue weighted by molar-refractivity contribution is 0.00563. The van der Waals surface area contributed by atoms with Crippen LogP contribution in [0.1, 0.15) is 45.1 Å². The first kappa shape index (κ1) is 22.2. The molecule has 25 heavy (non-hydrogen) atoms. The number of benzene rings is 1. The third-order valence-electron chi connectivity index (χ3n) is 4.53. The molecule has 1 fully saturated rings. The van der Waals surface area contributed by atoms with E-state index < -0.39 is 0 Å². The molecule has 2 rings (SSSR count). The number of likely N-dealkylation sites (tertiary alicyclic amines) is 1. The van der Waals surface area contributed by atoms with Crippen molar-refractivity contribution in [2.45, 2.75) is 52.2 Å². The Morgan fingerprint density at radius 2 is 1.80 bits per heavy atom. The van der Waals surface area contributed by atoms with Crippen LogP contribution in [0.2, 0.25) is 0 Å². The molecule has 1 aliphatic rings. The minimum atomic E-state index is 0. The second kappa shape index (κ2) is 12.5. The van der Waals surface area contributed by atoms with Crippen molar-refractivity contribution < 1.29 is 9.47 Å². The standard InChI is InChI=1S/C20H34N2O2.ClH/c1-17(2)10-15-24-19-6-4-18(5-7-19)16-22-12-8-20(9-13-22)23-14-3-11-21;/h4-7,17,20H,3,8-16,21H2,1-2H3;1H. The fourth-order valence-corrected chi connectivity index (χ4v) is 2.93. The Hall–Kier alpha value is -0.810. The van der Waals surface area contributed by atoms with Gasteiger partial charge in [0.25, 0.3) is 0 Å². The normalized spacial score (nSPS) is 16.0. The van der Waals surface area contributed by atoms with Crippen molar-refractivity contribution in [1.29, 1.82) is 0 Å². The van der Waals surface area contributed by atoms with Crippen LogP contribution in [-0.4, -0.2) is 43.9 Å². The van der Waals surface area contributed by atoms with Crippen LogP contribution >= 0.6 is 12.4 Å². The van der Waals surface area contributed by atoms with Crippen LogP contribution in [0.5, 0.6) is 5.75 Å². The van der Waals surface area contributed by atoms with Gasteiger partial charge in [0.2, 0.25) is 0 Å². The smallest absolute Gasteiger partial charge is 0.119 e. The van der Waals surface area contributed by atoms with Crippen LogP contribution < -0.4 is 10.5 Å². The molecular formula is C20H35ClN2O2. The van der Waals surface area contributed by atoms with Crippen molar-refractivity contribution in [3.05, 3.63) is 29.8 Å². The molecule has 0 radical (unpaired) electrons. The van der Waals surface area contributed by atoms with E-state index in [0.717, 1.165) is 70.8 Å². The van der Waals surface area contributed by atoms with E-state index >= 15 is 0 Å². The fourth-order valence-electron chi connectivity index (χ4n) is 2.93. The van der Waals surface area contributed by atoms with E-state index in [9.17, 15) is 0 Å². The van der Waals surface area contributed by atoms with Gasteiger partial charge in [-0.2, -0.15) is 0 Å². The molecule has 0 unspecified atom stereocenters. The van der Waals surface area contributed by atoms with E-state index in [4.69, 9.17) is 15.2 Å². The van der Waals surface area contributed by atoms with Crippen LogP contribution in [0.25, 0.3) is 0 Å². The summed E-state index contributed by atoms with van der Waals surface area (Å²) in [5, 5.41) is 0. The van der Waals surface area contributed by atoms with Gasteiger partial charge in [-0.05, 0) is 55.8 Å². The van der Waals surface area contributed by atoms with Gasteiger partial charge in [0.1, 0.15) is 5.75 Å². The lowest BCUT2D eigenvalue weighted by Gasteiger charge is -2.32. The minimum Gasteiger partial charge on any atom is -0.494 e. The van der Waals surface area contributed by atoms with E-state index in [0.29, 0.717) is 12.0 Å². The molecule has 4 nitrogen and oxygen atoms in total. The monoisotopic (exact) mass is 370 g/mol. The molecule has 0 aromatic heterocycles. The van der Waals surface area contributed by atoms with Crippen LogP contribution in [0.4, 0.5) is 0 Å². The van der Waals surface area contributed by atoms with Gasteiger partial charge in [0, 0.05) is 26.2 Å². The predicted molar refractivity (Wildman–Crippen MR) is 107 cm³/mol. The van der Waals surface area contributed by atoms with Gasteiger partial charge in [-0.15, -0.1) is 12.4 Å². The number of hydrogen-bond donors (Lipinski definition) is 1. The van der Waals surface area contributed by atoms with E-state index in [2.05, 4.69) is 43.0 Å². The highest BCUT2D eigenvalue weighted by Crippen LogP contribution is 2.18. The Morgan fingerprint density at radius 1 is 1.12 bits per heavy atom. The van der Waals surface area contributed by atoms with Gasteiger partial charge in [-0.3, -0.25) is 4.90 Å². The summed E-state index contributed by atoms with van der Waals surface area (Å²) in [5.74, 6) is 1.66. The Labute approximate surface area is 159 Å². The summed E-state index contributed by atoms with van der Waals surface area (Å²) in [5.41, 5.74) is 6.86. The zero-order valence-corrected chi connectivity index (χ0v) is 16.6. The Bertz CT molecular complexity index is 446. The van der Waals surface area contributed by atoms with E-state index in [1.165, 1.54) is 5.56 Å². The molecule has 144 valence electrons. The zero-order valence-electron chi connectivity index (χ0n) is 15.8. The van der Waals surface area contributed by atoms with Gasteiger partial charge in [0.05, 0.1) is 12.7 Å². The topological polar surface area (TPSA) is 47.7 Å². The molecule has 1 heterocycles. The van der Waals surface area contributed by atoms with Crippen LogP contribution in [0.15, 0.2) is 24.3 Å². The number of piperidine rings is 1. The highest BCUT2D eigenvalue weighted by molar-refractivity contribution is 5.85. The van der Waals surface area contributed by atoms with E-state index in [1.54, 1.807) is 0 Å². The molecule has 0 aliphatic carbocycles. The first-order valence-corrected chi connectivity index (χ1v) is 9.43. The zero-order chi connectivity index (χ0) is 17.2.